The van der Waals surface area contributed by atoms with Gasteiger partial charge in [-0.3, -0.25) is 9.59 Å². The van der Waals surface area contributed by atoms with Crippen molar-refractivity contribution >= 4 is 23.8 Å². The van der Waals surface area contributed by atoms with Gasteiger partial charge in [0, 0.05) is 24.3 Å². The molecule has 8 nitrogen and oxygen atoms in total. The van der Waals surface area contributed by atoms with Gasteiger partial charge in [-0.15, -0.1) is 0 Å². The molecule has 0 atom stereocenters. The van der Waals surface area contributed by atoms with Crippen molar-refractivity contribution in [1.29, 1.82) is 0 Å². The molecule has 9 heteroatoms. The van der Waals surface area contributed by atoms with Gasteiger partial charge in [0.05, 0.1) is 37.4 Å². The van der Waals surface area contributed by atoms with Crippen LogP contribution in [0, 0.1) is 5.41 Å². The van der Waals surface area contributed by atoms with Crippen LogP contribution >= 0.6 is 11.9 Å². The summed E-state index contributed by atoms with van der Waals surface area (Å²) in [5.41, 5.74) is -0.851. The summed E-state index contributed by atoms with van der Waals surface area (Å²) in [6, 6.07) is 0. The molecule has 0 aliphatic carbocycles. The Labute approximate surface area is 191 Å². The van der Waals surface area contributed by atoms with Crippen LogP contribution in [-0.2, 0) is 33.3 Å². The van der Waals surface area contributed by atoms with E-state index in [0.717, 1.165) is 4.31 Å². The van der Waals surface area contributed by atoms with E-state index in [4.69, 9.17) is 23.7 Å². The molecule has 0 aromatic heterocycles. The van der Waals surface area contributed by atoms with Gasteiger partial charge in [0.1, 0.15) is 6.79 Å². The molecular weight excluding hydrogens is 422 g/mol. The van der Waals surface area contributed by atoms with E-state index in [-0.39, 0.29) is 17.2 Å². The van der Waals surface area contributed by atoms with Crippen LogP contribution in [0.3, 0.4) is 0 Å². The zero-order valence-electron chi connectivity index (χ0n) is 20.0. The maximum Gasteiger partial charge on any atom is 0.283 e. The molecule has 1 spiro atoms. The van der Waals surface area contributed by atoms with Crippen LogP contribution in [0.1, 0.15) is 61.3 Å². The average Bonchev–Trinajstić information content (AvgIpc) is 3.11. The second-order valence-electron chi connectivity index (χ2n) is 7.68. The Morgan fingerprint density at radius 1 is 1.00 bits per heavy atom. The zero-order valence-corrected chi connectivity index (χ0v) is 20.8. The average molecular weight is 462 g/mol. The number of carbonyl (C=O) groups is 2. The molecule has 0 unspecified atom stereocenters. The minimum Gasteiger partial charge on any atom is -0.355 e. The summed E-state index contributed by atoms with van der Waals surface area (Å²) in [6.45, 7) is 16.1. The van der Waals surface area contributed by atoms with Crippen LogP contribution in [0.15, 0.2) is 12.2 Å². The first kappa shape index (κ1) is 28.1. The van der Waals surface area contributed by atoms with Crippen molar-refractivity contribution in [2.24, 2.45) is 5.41 Å². The second-order valence-corrected chi connectivity index (χ2v) is 8.71. The van der Waals surface area contributed by atoms with E-state index in [0.29, 0.717) is 51.8 Å². The first-order valence-electron chi connectivity index (χ1n) is 11.1. The molecule has 3 aliphatic rings. The minimum atomic E-state index is -1.11. The van der Waals surface area contributed by atoms with Crippen molar-refractivity contribution in [2.75, 3.05) is 39.0 Å². The largest absolute Gasteiger partial charge is 0.355 e. The fourth-order valence-corrected chi connectivity index (χ4v) is 4.24. The fourth-order valence-electron chi connectivity index (χ4n) is 3.10. The highest BCUT2D eigenvalue weighted by atomic mass is 32.2. The van der Waals surface area contributed by atoms with Crippen molar-refractivity contribution in [3.8, 4) is 0 Å². The van der Waals surface area contributed by atoms with Crippen molar-refractivity contribution in [3.05, 3.63) is 12.2 Å². The lowest BCUT2D eigenvalue weighted by Crippen LogP contribution is -2.57. The molecule has 0 bridgehead atoms. The van der Waals surface area contributed by atoms with Crippen LogP contribution in [0.4, 0.5) is 0 Å². The Bertz CT molecular complexity index is 575. The van der Waals surface area contributed by atoms with Crippen LogP contribution in [0.25, 0.3) is 0 Å². The summed E-state index contributed by atoms with van der Waals surface area (Å²) in [6.07, 6.45) is 3.71. The van der Waals surface area contributed by atoms with Crippen molar-refractivity contribution in [2.45, 2.75) is 72.9 Å². The zero-order chi connectivity index (χ0) is 23.5. The van der Waals surface area contributed by atoms with Crippen LogP contribution in [0.5, 0.6) is 0 Å². The van der Waals surface area contributed by atoms with E-state index in [1.807, 2.05) is 48.5 Å². The van der Waals surface area contributed by atoms with Crippen LogP contribution in [0.2, 0.25) is 0 Å². The van der Waals surface area contributed by atoms with Crippen LogP contribution in [-0.4, -0.2) is 66.7 Å². The molecule has 2 fully saturated rings. The normalized spacial score (nSPS) is 22.0. The Balaban J connectivity index is 0.00000113. The predicted octanol–water partition coefficient (Wildman–Crippen LogP) is 3.90. The maximum absolute atomic E-state index is 11.6. The molecule has 3 aliphatic heterocycles. The topological polar surface area (TPSA) is 83.5 Å². The lowest BCUT2D eigenvalue weighted by molar-refractivity contribution is -0.449. The monoisotopic (exact) mass is 461 g/mol. The number of nitrogens with zero attached hydrogens (tertiary/aromatic N) is 1. The summed E-state index contributed by atoms with van der Waals surface area (Å²) in [5, 5.41) is 0. The number of amides is 2. The fraction of sp³-hybridized carbons (Fsp3) is 0.818. The standard InChI is InChI=1S/C18H27NO7S.2C2H6/c1-4-18(24-11-17(12-25-18)9-22-13-23-10-17)26-16(2,3)7-8-27-19-14(20)5-6-15(19)21;2*1-2/h5-6H,4,7-13H2,1-3H3;2*1-2H3. The van der Waals surface area contributed by atoms with E-state index >= 15 is 0 Å². The Kier molecular flexibility index (Phi) is 11.7. The molecule has 31 heavy (non-hydrogen) atoms. The number of hydrogen-bond donors (Lipinski definition) is 0. The van der Waals surface area contributed by atoms with E-state index in [1.54, 1.807) is 0 Å². The molecule has 2 saturated heterocycles. The van der Waals surface area contributed by atoms with Gasteiger partial charge in [-0.25, -0.2) is 4.31 Å². The molecule has 3 rings (SSSR count). The first-order chi connectivity index (χ1) is 14.8. The molecule has 2 amide bonds. The maximum atomic E-state index is 11.6. The number of carbonyl (C=O) groups excluding carboxylic acids is 2. The summed E-state index contributed by atoms with van der Waals surface area (Å²) in [4.78, 5) is 23.2. The first-order valence-corrected chi connectivity index (χ1v) is 12.1. The van der Waals surface area contributed by atoms with Crippen molar-refractivity contribution < 1.29 is 33.3 Å². The third kappa shape index (κ3) is 7.83. The van der Waals surface area contributed by atoms with Gasteiger partial charge in [0.15, 0.2) is 0 Å². The number of rotatable bonds is 7. The summed E-state index contributed by atoms with van der Waals surface area (Å²) >= 11 is 1.19. The molecule has 0 aromatic rings. The lowest BCUT2D eigenvalue weighted by atomic mass is 9.91. The highest BCUT2D eigenvalue weighted by molar-refractivity contribution is 7.98. The van der Waals surface area contributed by atoms with Gasteiger partial charge in [-0.2, -0.15) is 0 Å². The molecule has 3 heterocycles. The van der Waals surface area contributed by atoms with E-state index in [2.05, 4.69) is 0 Å². The van der Waals surface area contributed by atoms with Gasteiger partial charge in [-0.05, 0) is 32.2 Å². The summed E-state index contributed by atoms with van der Waals surface area (Å²) in [7, 11) is 0. The van der Waals surface area contributed by atoms with Gasteiger partial charge >= 0.3 is 0 Å². The van der Waals surface area contributed by atoms with E-state index in [9.17, 15) is 9.59 Å². The number of imide groups is 1. The molecule has 0 saturated carbocycles. The lowest BCUT2D eigenvalue weighted by Gasteiger charge is -2.48. The number of hydrogen-bond acceptors (Lipinski definition) is 8. The third-order valence-corrected chi connectivity index (χ3v) is 5.74. The van der Waals surface area contributed by atoms with Gasteiger partial charge in [0.2, 0.25) is 0 Å². The molecule has 180 valence electrons. The summed E-state index contributed by atoms with van der Waals surface area (Å²) in [5.74, 6) is -1.15. The Morgan fingerprint density at radius 3 is 2.00 bits per heavy atom. The van der Waals surface area contributed by atoms with Gasteiger partial charge < -0.3 is 23.7 Å². The van der Waals surface area contributed by atoms with Crippen molar-refractivity contribution in [3.63, 3.8) is 0 Å². The van der Waals surface area contributed by atoms with E-state index in [1.165, 1.54) is 24.1 Å². The second kappa shape index (κ2) is 12.9. The highest BCUT2D eigenvalue weighted by Gasteiger charge is 2.48. The smallest absolute Gasteiger partial charge is 0.283 e. The predicted molar refractivity (Wildman–Crippen MR) is 120 cm³/mol. The van der Waals surface area contributed by atoms with E-state index < -0.39 is 11.6 Å². The van der Waals surface area contributed by atoms with Gasteiger partial charge in [-0.1, -0.05) is 34.6 Å². The quantitative estimate of drug-likeness (QED) is 0.417. The molecule has 0 N–H and O–H groups in total. The Hall–Kier alpha value is -0.970. The molecule has 0 aromatic carbocycles. The SMILES string of the molecule is CC.CC.CCC1(OC(C)(C)CCSN2C(=O)C=CC2=O)OCC2(COCOC2)CO1. The minimum absolute atomic E-state index is 0.288. The summed E-state index contributed by atoms with van der Waals surface area (Å²) < 4.78 is 30.2. The van der Waals surface area contributed by atoms with Crippen molar-refractivity contribution in [1.82, 2.24) is 4.31 Å². The Morgan fingerprint density at radius 2 is 1.52 bits per heavy atom. The number of ether oxygens (including phenoxy) is 5. The molecule has 0 radical (unpaired) electrons. The van der Waals surface area contributed by atoms with Crippen LogP contribution < -0.4 is 0 Å². The molecular formula is C22H39NO7S. The van der Waals surface area contributed by atoms with Gasteiger partial charge in [0.25, 0.3) is 17.8 Å². The third-order valence-electron chi connectivity index (χ3n) is 4.74. The highest BCUT2D eigenvalue weighted by Crippen LogP contribution is 2.38.